The fourth-order valence-corrected chi connectivity index (χ4v) is 2.22. The van der Waals surface area contributed by atoms with E-state index in [1.807, 2.05) is 17.0 Å². The average Bonchev–Trinajstić information content (AvgIpc) is 2.48. The lowest BCUT2D eigenvalue weighted by atomic mass is 10.0. The number of carbonyl (C=O) groups excluding carboxylic acids is 1. The van der Waals surface area contributed by atoms with Gasteiger partial charge in [0.1, 0.15) is 12.4 Å². The molecule has 1 fully saturated rings. The molecule has 1 aliphatic heterocycles. The number of methoxy groups -OCH3 is 1. The van der Waals surface area contributed by atoms with Crippen LogP contribution in [0.5, 0.6) is 5.75 Å². The summed E-state index contributed by atoms with van der Waals surface area (Å²) >= 11 is 0. The fraction of sp³-hybridized carbons (Fsp3) is 0.533. The number of hydrogen-bond acceptors (Lipinski definition) is 4. The maximum Gasteiger partial charge on any atom is 0.253 e. The van der Waals surface area contributed by atoms with Gasteiger partial charge in [0.05, 0.1) is 6.61 Å². The van der Waals surface area contributed by atoms with Crippen molar-refractivity contribution in [1.82, 2.24) is 4.90 Å². The Bertz CT molecular complexity index is 431. The summed E-state index contributed by atoms with van der Waals surface area (Å²) in [4.78, 5) is 14.2. The summed E-state index contributed by atoms with van der Waals surface area (Å²) in [5, 5.41) is 0. The lowest BCUT2D eigenvalue weighted by Gasteiger charge is -2.30. The molecule has 0 radical (unpaired) electrons. The Morgan fingerprint density at radius 2 is 1.86 bits per heavy atom. The Labute approximate surface area is 131 Å². The molecule has 2 N–H and O–H groups in total. The van der Waals surface area contributed by atoms with Crippen LogP contribution in [0.2, 0.25) is 0 Å². The van der Waals surface area contributed by atoms with Crippen LogP contribution < -0.4 is 10.5 Å². The first-order valence-electron chi connectivity index (χ1n) is 6.97. The number of nitrogens with two attached hydrogens (primary N) is 1. The summed E-state index contributed by atoms with van der Waals surface area (Å²) in [6.45, 7) is 2.54. The Morgan fingerprint density at radius 3 is 2.43 bits per heavy atom. The molecule has 1 saturated heterocycles. The molecule has 1 aromatic rings. The largest absolute Gasteiger partial charge is 0.491 e. The summed E-state index contributed by atoms with van der Waals surface area (Å²) in [5.74, 6) is 0.819. The number of halogens is 1. The fourth-order valence-electron chi connectivity index (χ4n) is 2.22. The van der Waals surface area contributed by atoms with E-state index in [1.165, 1.54) is 0 Å². The number of nitrogens with zero attached hydrogens (tertiary/aromatic N) is 1. The molecule has 1 aliphatic rings. The Balaban J connectivity index is 0.00000220. The van der Waals surface area contributed by atoms with Crippen LogP contribution in [0, 0.1) is 0 Å². The minimum atomic E-state index is 0. The summed E-state index contributed by atoms with van der Waals surface area (Å²) < 4.78 is 10.4. The standard InChI is InChI=1S/C15H22N2O3.ClH/c1-19-10-11-20-14-4-2-12(3-5-14)15(18)17-8-6-13(16)7-9-17;/h2-5,13H,6-11,16H2,1H3;1H. The van der Waals surface area contributed by atoms with Crippen molar-refractivity contribution in [1.29, 1.82) is 0 Å². The molecule has 0 saturated carbocycles. The first-order valence-corrected chi connectivity index (χ1v) is 6.97. The quantitative estimate of drug-likeness (QED) is 0.840. The van der Waals surface area contributed by atoms with Gasteiger partial charge in [-0.05, 0) is 37.1 Å². The third kappa shape index (κ3) is 5.19. The molecule has 0 atom stereocenters. The lowest BCUT2D eigenvalue weighted by Crippen LogP contribution is -2.42. The van der Waals surface area contributed by atoms with Crippen molar-refractivity contribution in [3.8, 4) is 5.75 Å². The van der Waals surface area contributed by atoms with Gasteiger partial charge >= 0.3 is 0 Å². The highest BCUT2D eigenvalue weighted by molar-refractivity contribution is 5.94. The van der Waals surface area contributed by atoms with E-state index in [0.717, 1.165) is 31.7 Å². The van der Waals surface area contributed by atoms with Crippen LogP contribution in [0.4, 0.5) is 0 Å². The van der Waals surface area contributed by atoms with Gasteiger partial charge in [0.2, 0.25) is 0 Å². The van der Waals surface area contributed by atoms with Crippen molar-refractivity contribution in [3.63, 3.8) is 0 Å². The van der Waals surface area contributed by atoms with E-state index >= 15 is 0 Å². The molecular formula is C15H23ClN2O3. The number of rotatable bonds is 5. The molecule has 0 unspecified atom stereocenters. The van der Waals surface area contributed by atoms with Gasteiger partial charge in [-0.15, -0.1) is 12.4 Å². The third-order valence-corrected chi connectivity index (χ3v) is 3.48. The molecule has 0 spiro atoms. The summed E-state index contributed by atoms with van der Waals surface area (Å²) in [7, 11) is 1.63. The SMILES string of the molecule is COCCOc1ccc(C(=O)N2CCC(N)CC2)cc1.Cl. The van der Waals surface area contributed by atoms with E-state index in [1.54, 1.807) is 19.2 Å². The van der Waals surface area contributed by atoms with Crippen molar-refractivity contribution < 1.29 is 14.3 Å². The third-order valence-electron chi connectivity index (χ3n) is 3.48. The number of likely N-dealkylation sites (tertiary alicyclic amines) is 1. The van der Waals surface area contributed by atoms with Crippen molar-refractivity contribution in [3.05, 3.63) is 29.8 Å². The zero-order valence-electron chi connectivity index (χ0n) is 12.3. The molecular weight excluding hydrogens is 292 g/mol. The number of ether oxygens (including phenoxy) is 2. The van der Waals surface area contributed by atoms with Gasteiger partial charge in [0.25, 0.3) is 5.91 Å². The van der Waals surface area contributed by atoms with Crippen LogP contribution >= 0.6 is 12.4 Å². The van der Waals surface area contributed by atoms with E-state index in [0.29, 0.717) is 18.8 Å². The maximum absolute atomic E-state index is 12.3. The van der Waals surface area contributed by atoms with Gasteiger partial charge in [-0.2, -0.15) is 0 Å². The van der Waals surface area contributed by atoms with Gasteiger partial charge < -0.3 is 20.1 Å². The van der Waals surface area contributed by atoms with Gasteiger partial charge in [0.15, 0.2) is 0 Å². The van der Waals surface area contributed by atoms with Gasteiger partial charge in [-0.25, -0.2) is 0 Å². The maximum atomic E-state index is 12.3. The van der Waals surface area contributed by atoms with Gasteiger partial charge in [-0.1, -0.05) is 0 Å². The van der Waals surface area contributed by atoms with Crippen molar-refractivity contribution in [2.75, 3.05) is 33.4 Å². The zero-order valence-corrected chi connectivity index (χ0v) is 13.1. The molecule has 0 aromatic heterocycles. The second-order valence-electron chi connectivity index (χ2n) is 5.00. The monoisotopic (exact) mass is 314 g/mol. The molecule has 2 rings (SSSR count). The highest BCUT2D eigenvalue weighted by Crippen LogP contribution is 2.16. The Kier molecular flexibility index (Phi) is 7.50. The number of piperidine rings is 1. The predicted octanol–water partition coefficient (Wildman–Crippen LogP) is 1.70. The van der Waals surface area contributed by atoms with Crippen molar-refractivity contribution in [2.45, 2.75) is 18.9 Å². The minimum absolute atomic E-state index is 0. The van der Waals surface area contributed by atoms with Crippen LogP contribution in [0.15, 0.2) is 24.3 Å². The number of carbonyl (C=O) groups is 1. The van der Waals surface area contributed by atoms with Crippen LogP contribution in [-0.2, 0) is 4.74 Å². The first kappa shape index (κ1) is 17.8. The van der Waals surface area contributed by atoms with E-state index in [4.69, 9.17) is 15.2 Å². The Morgan fingerprint density at radius 1 is 1.24 bits per heavy atom. The molecule has 6 heteroatoms. The highest BCUT2D eigenvalue weighted by atomic mass is 35.5. The molecule has 21 heavy (non-hydrogen) atoms. The summed E-state index contributed by atoms with van der Waals surface area (Å²) in [6, 6.07) is 7.48. The number of hydrogen-bond donors (Lipinski definition) is 1. The summed E-state index contributed by atoms with van der Waals surface area (Å²) in [6.07, 6.45) is 1.76. The first-order chi connectivity index (χ1) is 9.70. The van der Waals surface area contributed by atoms with E-state index < -0.39 is 0 Å². The van der Waals surface area contributed by atoms with Crippen LogP contribution in [-0.4, -0.2) is 50.3 Å². The molecule has 0 bridgehead atoms. The van der Waals surface area contributed by atoms with E-state index in [-0.39, 0.29) is 24.4 Å². The second-order valence-corrected chi connectivity index (χ2v) is 5.00. The normalized spacial score (nSPS) is 15.4. The summed E-state index contributed by atoms with van der Waals surface area (Å²) in [5.41, 5.74) is 6.54. The van der Waals surface area contributed by atoms with Crippen molar-refractivity contribution >= 4 is 18.3 Å². The predicted molar refractivity (Wildman–Crippen MR) is 84.2 cm³/mol. The molecule has 0 aliphatic carbocycles. The second kappa shape index (κ2) is 8.87. The number of amides is 1. The van der Waals surface area contributed by atoms with E-state index in [2.05, 4.69) is 0 Å². The lowest BCUT2D eigenvalue weighted by molar-refractivity contribution is 0.0714. The zero-order chi connectivity index (χ0) is 14.4. The topological polar surface area (TPSA) is 64.8 Å². The molecule has 1 amide bonds. The number of benzene rings is 1. The van der Waals surface area contributed by atoms with Crippen LogP contribution in [0.1, 0.15) is 23.2 Å². The molecule has 1 heterocycles. The van der Waals surface area contributed by atoms with Gasteiger partial charge in [-0.3, -0.25) is 4.79 Å². The smallest absolute Gasteiger partial charge is 0.253 e. The van der Waals surface area contributed by atoms with E-state index in [9.17, 15) is 4.79 Å². The minimum Gasteiger partial charge on any atom is -0.491 e. The molecule has 1 aromatic carbocycles. The average molecular weight is 315 g/mol. The molecule has 118 valence electrons. The van der Waals surface area contributed by atoms with Crippen LogP contribution in [0.25, 0.3) is 0 Å². The van der Waals surface area contributed by atoms with Crippen molar-refractivity contribution in [2.24, 2.45) is 5.73 Å². The van der Waals surface area contributed by atoms with Crippen LogP contribution in [0.3, 0.4) is 0 Å². The van der Waals surface area contributed by atoms with Gasteiger partial charge in [0, 0.05) is 31.8 Å². The molecule has 5 nitrogen and oxygen atoms in total. The Hall–Kier alpha value is -1.30. The highest BCUT2D eigenvalue weighted by Gasteiger charge is 2.21.